The van der Waals surface area contributed by atoms with Crippen LogP contribution in [-0.4, -0.2) is 35.9 Å². The number of carbonyl (C=O) groups is 1. The summed E-state index contributed by atoms with van der Waals surface area (Å²) in [5.41, 5.74) is 3.58. The largest absolute Gasteiger partial charge is 0.489 e. The van der Waals surface area contributed by atoms with Crippen LogP contribution in [0.3, 0.4) is 0 Å². The molecule has 0 saturated carbocycles. The Morgan fingerprint density at radius 2 is 1.89 bits per heavy atom. The number of hydrogen-bond donors (Lipinski definition) is 1. The van der Waals surface area contributed by atoms with Crippen LogP contribution in [0, 0.1) is 17.1 Å². The van der Waals surface area contributed by atoms with Gasteiger partial charge < -0.3 is 14.8 Å². The van der Waals surface area contributed by atoms with Crippen molar-refractivity contribution in [3.05, 3.63) is 108 Å². The normalized spacial score (nSPS) is 11.1. The van der Waals surface area contributed by atoms with Crippen molar-refractivity contribution < 1.29 is 18.7 Å². The summed E-state index contributed by atoms with van der Waals surface area (Å²) in [4.78, 5) is 12.6. The van der Waals surface area contributed by atoms with Gasteiger partial charge in [0.2, 0.25) is 0 Å². The molecule has 0 spiro atoms. The molecule has 3 aromatic carbocycles. The van der Waals surface area contributed by atoms with Crippen molar-refractivity contribution in [2.45, 2.75) is 13.0 Å². The van der Waals surface area contributed by atoms with Crippen molar-refractivity contribution in [3.63, 3.8) is 0 Å². The Hall–Kier alpha value is -4.74. The molecule has 0 unspecified atom stereocenters. The molecule has 0 aliphatic carbocycles. The second-order valence-corrected chi connectivity index (χ2v) is 8.43. The van der Waals surface area contributed by atoms with E-state index in [1.165, 1.54) is 12.1 Å². The van der Waals surface area contributed by atoms with E-state index in [1.807, 2.05) is 60.7 Å². The van der Waals surface area contributed by atoms with E-state index in [-0.39, 0.29) is 18.0 Å². The molecule has 1 amide bonds. The SMILES string of the molecule is COCCCNC(=O)/C(C#N)=C\c1cn(-c2ccccc2)nc1-c1cccc(OCc2ccc(F)cc2)c1. The summed E-state index contributed by atoms with van der Waals surface area (Å²) in [7, 11) is 1.59. The lowest BCUT2D eigenvalue weighted by molar-refractivity contribution is -0.117. The van der Waals surface area contributed by atoms with E-state index in [1.54, 1.807) is 36.2 Å². The van der Waals surface area contributed by atoms with Crippen molar-refractivity contribution in [2.75, 3.05) is 20.3 Å². The smallest absolute Gasteiger partial charge is 0.261 e. The highest BCUT2D eigenvalue weighted by Crippen LogP contribution is 2.29. The number of rotatable bonds is 11. The second kappa shape index (κ2) is 13.0. The lowest BCUT2D eigenvalue weighted by atomic mass is 10.1. The Balaban J connectivity index is 1.64. The van der Waals surface area contributed by atoms with Crippen molar-refractivity contribution in [2.24, 2.45) is 0 Å². The number of nitriles is 1. The number of para-hydroxylation sites is 1. The minimum atomic E-state index is -0.460. The van der Waals surface area contributed by atoms with Crippen molar-refractivity contribution in [1.29, 1.82) is 5.26 Å². The third kappa shape index (κ3) is 6.93. The molecule has 4 rings (SSSR count). The molecule has 1 N–H and O–H groups in total. The predicted octanol–water partition coefficient (Wildman–Crippen LogP) is 5.32. The average molecular weight is 511 g/mol. The summed E-state index contributed by atoms with van der Waals surface area (Å²) in [6, 6.07) is 25.1. The molecule has 1 heterocycles. The molecule has 0 fully saturated rings. The summed E-state index contributed by atoms with van der Waals surface area (Å²) in [5.74, 6) is -0.156. The predicted molar refractivity (Wildman–Crippen MR) is 143 cm³/mol. The minimum absolute atomic E-state index is 0.0278. The van der Waals surface area contributed by atoms with Gasteiger partial charge in [-0.2, -0.15) is 10.4 Å². The first-order chi connectivity index (χ1) is 18.6. The lowest BCUT2D eigenvalue weighted by Gasteiger charge is -2.08. The van der Waals surface area contributed by atoms with Gasteiger partial charge in [0.1, 0.15) is 35.5 Å². The van der Waals surface area contributed by atoms with Crippen molar-refractivity contribution in [3.8, 4) is 28.8 Å². The Kier molecular flexibility index (Phi) is 9.00. The first-order valence-corrected chi connectivity index (χ1v) is 12.1. The van der Waals surface area contributed by atoms with Gasteiger partial charge in [-0.3, -0.25) is 4.79 Å². The Morgan fingerprint density at radius 1 is 1.11 bits per heavy atom. The molecule has 7 nitrogen and oxygen atoms in total. The Bertz CT molecular complexity index is 1440. The highest BCUT2D eigenvalue weighted by molar-refractivity contribution is 6.02. The monoisotopic (exact) mass is 510 g/mol. The van der Waals surface area contributed by atoms with Crippen LogP contribution in [0.4, 0.5) is 4.39 Å². The fourth-order valence-corrected chi connectivity index (χ4v) is 3.73. The summed E-state index contributed by atoms with van der Waals surface area (Å²) in [6.07, 6.45) is 3.97. The van der Waals surface area contributed by atoms with Gasteiger partial charge in [-0.15, -0.1) is 0 Å². The number of nitrogens with zero attached hydrogens (tertiary/aromatic N) is 3. The molecule has 0 radical (unpaired) electrons. The van der Waals surface area contributed by atoms with Crippen molar-refractivity contribution in [1.82, 2.24) is 15.1 Å². The van der Waals surface area contributed by atoms with Gasteiger partial charge >= 0.3 is 0 Å². The second-order valence-electron chi connectivity index (χ2n) is 8.43. The zero-order valence-corrected chi connectivity index (χ0v) is 20.9. The van der Waals surface area contributed by atoms with Crippen molar-refractivity contribution >= 4 is 12.0 Å². The number of aromatic nitrogens is 2. The van der Waals surface area contributed by atoms with Gasteiger partial charge in [0, 0.05) is 37.6 Å². The molecular weight excluding hydrogens is 483 g/mol. The van der Waals surface area contributed by atoms with Gasteiger partial charge in [-0.25, -0.2) is 9.07 Å². The summed E-state index contributed by atoms with van der Waals surface area (Å²) in [6.45, 7) is 1.19. The molecule has 38 heavy (non-hydrogen) atoms. The fourth-order valence-electron chi connectivity index (χ4n) is 3.73. The first-order valence-electron chi connectivity index (χ1n) is 12.1. The number of nitrogens with one attached hydrogen (secondary N) is 1. The highest BCUT2D eigenvalue weighted by atomic mass is 19.1. The fraction of sp³-hybridized carbons (Fsp3) is 0.167. The molecule has 1 aromatic heterocycles. The highest BCUT2D eigenvalue weighted by Gasteiger charge is 2.15. The minimum Gasteiger partial charge on any atom is -0.489 e. The standard InChI is InChI=1S/C30H27FN4O3/c1-37-16-6-15-33-30(36)24(19-32)17-25-20-35(27-8-3-2-4-9-27)34-29(25)23-7-5-10-28(18-23)38-21-22-11-13-26(31)14-12-22/h2-5,7-14,17-18,20H,6,15-16,21H2,1H3,(H,33,36)/b24-17-. The number of ether oxygens (including phenoxy) is 2. The summed E-state index contributed by atoms with van der Waals surface area (Å²) >= 11 is 0. The van der Waals surface area contributed by atoms with E-state index in [9.17, 15) is 14.4 Å². The topological polar surface area (TPSA) is 89.2 Å². The van der Waals surface area contributed by atoms with Crippen LogP contribution in [0.1, 0.15) is 17.5 Å². The van der Waals surface area contributed by atoms with E-state index >= 15 is 0 Å². The van der Waals surface area contributed by atoms with Gasteiger partial charge in [0.05, 0.1) is 5.69 Å². The summed E-state index contributed by atoms with van der Waals surface area (Å²) < 4.78 is 25.8. The molecule has 0 atom stereocenters. The Labute approximate surface area is 220 Å². The van der Waals surface area contributed by atoms with Crippen LogP contribution in [0.15, 0.2) is 90.6 Å². The number of halogens is 1. The number of hydrogen-bond acceptors (Lipinski definition) is 5. The molecule has 4 aromatic rings. The van der Waals surface area contributed by atoms with Gasteiger partial charge in [0.25, 0.3) is 5.91 Å². The van der Waals surface area contributed by atoms with Gasteiger partial charge in [0.15, 0.2) is 0 Å². The van der Waals surface area contributed by atoms with E-state index in [0.29, 0.717) is 36.6 Å². The molecule has 0 aliphatic heterocycles. The van der Waals surface area contributed by atoms with E-state index < -0.39 is 5.91 Å². The van der Waals surface area contributed by atoms with Crippen LogP contribution >= 0.6 is 0 Å². The quantitative estimate of drug-likeness (QED) is 0.168. The molecule has 192 valence electrons. The van der Waals surface area contributed by atoms with E-state index in [2.05, 4.69) is 5.32 Å². The maximum atomic E-state index is 13.2. The molecule has 8 heteroatoms. The maximum Gasteiger partial charge on any atom is 0.261 e. The number of amides is 1. The van der Waals surface area contributed by atoms with Crippen LogP contribution in [0.5, 0.6) is 5.75 Å². The van der Waals surface area contributed by atoms with Gasteiger partial charge in [-0.1, -0.05) is 42.5 Å². The van der Waals surface area contributed by atoms with Crippen LogP contribution in [0.2, 0.25) is 0 Å². The average Bonchev–Trinajstić information content (AvgIpc) is 3.38. The number of methoxy groups -OCH3 is 1. The number of benzene rings is 3. The zero-order valence-electron chi connectivity index (χ0n) is 20.9. The first kappa shape index (κ1) is 26.3. The molecule has 0 bridgehead atoms. The van der Waals surface area contributed by atoms with E-state index in [0.717, 1.165) is 16.8 Å². The van der Waals surface area contributed by atoms with Crippen LogP contribution in [-0.2, 0) is 16.1 Å². The van der Waals surface area contributed by atoms with E-state index in [4.69, 9.17) is 14.6 Å². The lowest BCUT2D eigenvalue weighted by Crippen LogP contribution is -2.26. The third-order valence-electron chi connectivity index (χ3n) is 5.67. The zero-order chi connectivity index (χ0) is 26.7. The van der Waals surface area contributed by atoms with Gasteiger partial charge in [-0.05, 0) is 54.5 Å². The van der Waals surface area contributed by atoms with Crippen LogP contribution in [0.25, 0.3) is 23.0 Å². The molecule has 0 aliphatic rings. The molecule has 0 saturated heterocycles. The van der Waals surface area contributed by atoms with Crippen LogP contribution < -0.4 is 10.1 Å². The number of carbonyl (C=O) groups excluding carboxylic acids is 1. The summed E-state index contributed by atoms with van der Waals surface area (Å²) in [5, 5.41) is 17.2. The molecular formula is C30H27FN4O3. The Morgan fingerprint density at radius 3 is 2.63 bits per heavy atom. The maximum absolute atomic E-state index is 13.2. The third-order valence-corrected chi connectivity index (χ3v) is 5.67.